The molecule has 1 N–H and O–H groups in total. The van der Waals surface area contributed by atoms with Gasteiger partial charge >= 0.3 is 35.9 Å². The number of oxime groups is 1. The lowest BCUT2D eigenvalue weighted by Crippen LogP contribution is -2.62. The van der Waals surface area contributed by atoms with Gasteiger partial charge < -0.3 is 38.4 Å². The Morgan fingerprint density at radius 1 is 0.939 bits per heavy atom. The van der Waals surface area contributed by atoms with E-state index in [2.05, 4.69) is 11.9 Å². The Kier molecular flexibility index (Phi) is 10.6. The molecule has 5 rings (SSSR count). The van der Waals surface area contributed by atoms with Crippen molar-refractivity contribution in [3.8, 4) is 0 Å². The van der Waals surface area contributed by atoms with Gasteiger partial charge in [-0.2, -0.15) is 4.79 Å². The number of imide groups is 1. The summed E-state index contributed by atoms with van der Waals surface area (Å²) in [4.78, 5) is 80.9. The van der Waals surface area contributed by atoms with E-state index in [1.807, 2.05) is 0 Å². The fourth-order valence-electron chi connectivity index (χ4n) is 6.02. The summed E-state index contributed by atoms with van der Waals surface area (Å²) in [5.74, 6) is -3.63. The summed E-state index contributed by atoms with van der Waals surface area (Å²) in [5, 5.41) is 16.1. The van der Waals surface area contributed by atoms with Crippen molar-refractivity contribution in [1.29, 1.82) is 0 Å². The van der Waals surface area contributed by atoms with Gasteiger partial charge in [0.05, 0.1) is 25.1 Å². The Hall–Kier alpha value is -4.94. The lowest BCUT2D eigenvalue weighted by molar-refractivity contribution is -0.565. The molecule has 3 saturated heterocycles. The Labute approximate surface area is 280 Å². The predicted octanol–water partition coefficient (Wildman–Crippen LogP) is 0.671. The van der Waals surface area contributed by atoms with Crippen molar-refractivity contribution in [2.24, 2.45) is 11.1 Å². The third-order valence-corrected chi connectivity index (χ3v) is 8.17. The number of para-hydroxylation sites is 1. The van der Waals surface area contributed by atoms with Gasteiger partial charge in [-0.1, -0.05) is 28.0 Å². The van der Waals surface area contributed by atoms with Gasteiger partial charge in [-0.3, -0.25) is 19.2 Å². The Balaban J connectivity index is 1.38. The molecule has 0 radical (unpaired) electrons. The number of anilines is 1. The van der Waals surface area contributed by atoms with E-state index in [-0.39, 0.29) is 19.4 Å². The van der Waals surface area contributed by atoms with Gasteiger partial charge in [0, 0.05) is 33.6 Å². The maximum Gasteiger partial charge on any atom is 0.531 e. The molecule has 264 valence electrons. The topological polar surface area (TPSA) is 212 Å². The fourth-order valence-corrected chi connectivity index (χ4v) is 6.02. The number of epoxide rings is 1. The van der Waals surface area contributed by atoms with Crippen molar-refractivity contribution >= 4 is 54.1 Å². The Morgan fingerprint density at radius 2 is 1.57 bits per heavy atom. The highest BCUT2D eigenvalue weighted by Gasteiger charge is 2.57. The largest absolute Gasteiger partial charge is 0.531 e. The first-order chi connectivity index (χ1) is 23.3. The van der Waals surface area contributed by atoms with Crippen molar-refractivity contribution < 1.29 is 71.8 Å². The predicted molar refractivity (Wildman–Crippen MR) is 162 cm³/mol. The quantitative estimate of drug-likeness (QED) is 0.111. The number of fused-ring (bicyclic) bond motifs is 1. The van der Waals surface area contributed by atoms with Gasteiger partial charge in [0.1, 0.15) is 30.6 Å². The first kappa shape index (κ1) is 35.4. The van der Waals surface area contributed by atoms with E-state index in [9.17, 15) is 33.9 Å². The van der Waals surface area contributed by atoms with Crippen LogP contribution in [-0.4, -0.2) is 125 Å². The molecular weight excluding hydrogens is 652 g/mol. The second-order valence-electron chi connectivity index (χ2n) is 11.8. The molecule has 1 aliphatic carbocycles. The zero-order valence-corrected chi connectivity index (χ0v) is 27.2. The van der Waals surface area contributed by atoms with Crippen LogP contribution in [0.25, 0.3) is 0 Å². The van der Waals surface area contributed by atoms with Crippen LogP contribution in [0.15, 0.2) is 35.5 Å². The number of hydrazine groups is 1. The number of nitrogens with zero attached hydrogens (tertiary/aromatic N) is 4. The van der Waals surface area contributed by atoms with Crippen LogP contribution in [0.2, 0.25) is 0 Å². The minimum absolute atomic E-state index is 0.00422. The number of carbonyl (C=O) groups is 6. The van der Waals surface area contributed by atoms with Crippen LogP contribution in [0.5, 0.6) is 0 Å². The molecule has 4 fully saturated rings. The highest BCUT2D eigenvalue weighted by molar-refractivity contribution is 6.13. The van der Waals surface area contributed by atoms with E-state index in [0.717, 1.165) is 37.3 Å². The third kappa shape index (κ3) is 7.87. The minimum atomic E-state index is -1.58. The average molecular weight is 690 g/mol. The van der Waals surface area contributed by atoms with Gasteiger partial charge in [0.15, 0.2) is 12.2 Å². The zero-order valence-electron chi connectivity index (χ0n) is 27.2. The standard InChI is InChI=1S/C31H37N4O14/c1-15(36)43-14-22-25(44-16(2)37)27(45-17(3)38)28(46-18(4)39)29(47-22)49-32-23-19(13-21(40)24-26(23)48-24)11-12-34-31(42)35(30(41)33(34)5)20-9-7-6-8-10-20/h6-10,19,21-22,24-29,40H,5,11-14H2,1-4H3/q+1/b32-23-/t19-,21-,22+,24-,25+,26+,27-,28+,29-/m0/s1. The summed E-state index contributed by atoms with van der Waals surface area (Å²) >= 11 is 0. The van der Waals surface area contributed by atoms with Crippen LogP contribution >= 0.6 is 0 Å². The molecular formula is C31H37N4O14+. The smallest absolute Gasteiger partial charge is 0.463 e. The molecule has 18 nitrogen and oxygen atoms in total. The van der Waals surface area contributed by atoms with Gasteiger partial charge in [-0.25, -0.2) is 4.79 Å². The second kappa shape index (κ2) is 14.7. The first-order valence-corrected chi connectivity index (χ1v) is 15.5. The van der Waals surface area contributed by atoms with Crippen LogP contribution in [0, 0.1) is 5.92 Å². The normalized spacial score (nSPS) is 31.6. The van der Waals surface area contributed by atoms with E-state index in [1.54, 1.807) is 30.3 Å². The maximum atomic E-state index is 13.3. The van der Waals surface area contributed by atoms with Crippen LogP contribution in [0.1, 0.15) is 40.5 Å². The number of hydrazone groups is 1. The summed E-state index contributed by atoms with van der Waals surface area (Å²) in [7, 11) is 0. The van der Waals surface area contributed by atoms with Crippen LogP contribution in [0.3, 0.4) is 0 Å². The average Bonchev–Trinajstić information content (AvgIpc) is 3.80. The molecule has 1 saturated carbocycles. The summed E-state index contributed by atoms with van der Waals surface area (Å²) < 4.78 is 33.9. The number of aliphatic hydroxyl groups is 1. The molecule has 18 heteroatoms. The fraction of sp³-hybridized carbons (Fsp3) is 0.548. The van der Waals surface area contributed by atoms with Crippen LogP contribution in [0.4, 0.5) is 15.3 Å². The van der Waals surface area contributed by atoms with Crippen molar-refractivity contribution in [3.05, 3.63) is 30.3 Å². The van der Waals surface area contributed by atoms with Crippen LogP contribution in [-0.2, 0) is 52.4 Å². The number of hydrogen-bond acceptors (Lipinski definition) is 15. The highest BCUT2D eigenvalue weighted by Crippen LogP contribution is 2.40. The highest BCUT2D eigenvalue weighted by atomic mass is 16.8. The molecule has 3 aliphatic heterocycles. The van der Waals surface area contributed by atoms with Gasteiger partial charge in [-0.15, -0.1) is 9.91 Å². The van der Waals surface area contributed by atoms with Gasteiger partial charge in [0.2, 0.25) is 6.10 Å². The minimum Gasteiger partial charge on any atom is -0.463 e. The van der Waals surface area contributed by atoms with Crippen molar-refractivity contribution in [2.45, 2.75) is 89.6 Å². The molecule has 1 aromatic carbocycles. The first-order valence-electron chi connectivity index (χ1n) is 15.5. The molecule has 0 unspecified atom stereocenters. The molecule has 4 amide bonds. The molecule has 0 aromatic heterocycles. The summed E-state index contributed by atoms with van der Waals surface area (Å²) in [5.41, 5.74) is 0.702. The summed E-state index contributed by atoms with van der Waals surface area (Å²) in [6, 6.07) is 7.10. The van der Waals surface area contributed by atoms with E-state index in [4.69, 9.17) is 33.3 Å². The number of ether oxygens (including phenoxy) is 6. The Morgan fingerprint density at radius 3 is 2.20 bits per heavy atom. The van der Waals surface area contributed by atoms with Crippen molar-refractivity contribution in [2.75, 3.05) is 18.1 Å². The lowest BCUT2D eigenvalue weighted by atomic mass is 9.83. The number of hydrogen-bond donors (Lipinski definition) is 1. The molecule has 49 heavy (non-hydrogen) atoms. The number of aliphatic hydroxyl groups excluding tert-OH is 1. The number of urea groups is 2. The molecule has 0 bridgehead atoms. The van der Waals surface area contributed by atoms with Gasteiger partial charge in [-0.05, 0) is 25.0 Å². The Bertz CT molecular complexity index is 1530. The SMILES string of the molecule is C=[N+]1C(=O)N(c2ccccc2)C(=O)N1CC[C@H]1C[C@H](O)[C@@H]2O[C@@H]2/C1=N\O[C@@H]1O[C@H](COC(C)=O)[C@@H](OC(C)=O)[C@H](OC(C)=O)[C@H]1OC(C)=O. The number of carbonyl (C=O) groups excluding carboxylic acids is 6. The van der Waals surface area contributed by atoms with E-state index >= 15 is 0 Å². The molecule has 9 atom stereocenters. The summed E-state index contributed by atoms with van der Waals surface area (Å²) in [6.07, 6.45) is -8.91. The van der Waals surface area contributed by atoms with Crippen molar-refractivity contribution in [3.63, 3.8) is 0 Å². The molecule has 0 spiro atoms. The number of benzene rings is 1. The number of rotatable bonds is 11. The second-order valence-corrected chi connectivity index (χ2v) is 11.8. The number of amides is 4. The van der Waals surface area contributed by atoms with E-state index in [0.29, 0.717) is 11.4 Å². The van der Waals surface area contributed by atoms with E-state index in [1.165, 1.54) is 5.01 Å². The van der Waals surface area contributed by atoms with E-state index < -0.39 is 97.5 Å². The number of esters is 4. The molecule has 1 aromatic rings. The zero-order chi connectivity index (χ0) is 35.6. The molecule has 3 heterocycles. The monoisotopic (exact) mass is 689 g/mol. The maximum absolute atomic E-state index is 13.3. The third-order valence-electron chi connectivity index (χ3n) is 8.17. The van der Waals surface area contributed by atoms with Crippen molar-refractivity contribution in [1.82, 2.24) is 5.01 Å². The molecule has 4 aliphatic rings. The van der Waals surface area contributed by atoms with Gasteiger partial charge in [0.25, 0.3) is 6.29 Å². The lowest BCUT2D eigenvalue weighted by Gasteiger charge is -2.43. The van der Waals surface area contributed by atoms with Crippen LogP contribution < -0.4 is 4.90 Å². The summed E-state index contributed by atoms with van der Waals surface area (Å²) in [6.45, 7) is 7.71.